The number of piperazine rings is 1. The van der Waals surface area contributed by atoms with Crippen molar-refractivity contribution < 1.29 is 9.53 Å². The second-order valence-electron chi connectivity index (χ2n) is 6.88. The molecule has 27 heavy (non-hydrogen) atoms. The van der Waals surface area contributed by atoms with Crippen molar-refractivity contribution in [1.29, 1.82) is 0 Å². The van der Waals surface area contributed by atoms with Crippen LogP contribution in [0.2, 0.25) is 0 Å². The number of pyridine rings is 1. The zero-order valence-electron chi connectivity index (χ0n) is 15.5. The van der Waals surface area contributed by atoms with Crippen LogP contribution in [0.25, 0.3) is 0 Å². The highest BCUT2D eigenvalue weighted by atomic mass is 16.5. The summed E-state index contributed by atoms with van der Waals surface area (Å²) >= 11 is 0. The first-order valence-corrected chi connectivity index (χ1v) is 9.39. The molecule has 1 amide bonds. The zero-order valence-corrected chi connectivity index (χ0v) is 15.5. The Balaban J connectivity index is 1.32. The Bertz CT molecular complexity index is 783. The average Bonchev–Trinajstić information content (AvgIpc) is 3.23. The molecule has 0 radical (unpaired) electrons. The standard InChI is InChI=1S/C19H24N6O2/c1-14-4-2-6-16(20-14)21-17-7-8-18(23-22-17)24-9-11-25(12-10-24)19(26)15-5-3-13-27-15/h2,4,6-8,15H,3,5,9-13H2,1H3,(H,20,21,22). The third-order valence-electron chi connectivity index (χ3n) is 4.92. The molecular weight excluding hydrogens is 344 g/mol. The lowest BCUT2D eigenvalue weighted by Gasteiger charge is -2.36. The van der Waals surface area contributed by atoms with Crippen molar-refractivity contribution >= 4 is 23.4 Å². The summed E-state index contributed by atoms with van der Waals surface area (Å²) in [5.74, 6) is 2.35. The molecule has 4 rings (SSSR count). The number of anilines is 3. The molecule has 142 valence electrons. The molecule has 2 fully saturated rings. The lowest BCUT2D eigenvalue weighted by atomic mass is 10.2. The highest BCUT2D eigenvalue weighted by molar-refractivity contribution is 5.81. The van der Waals surface area contributed by atoms with Gasteiger partial charge in [0.2, 0.25) is 0 Å². The lowest BCUT2D eigenvalue weighted by Crippen LogP contribution is -2.51. The maximum Gasteiger partial charge on any atom is 0.251 e. The number of aromatic nitrogens is 3. The average molecular weight is 368 g/mol. The van der Waals surface area contributed by atoms with Gasteiger partial charge in [0.05, 0.1) is 0 Å². The molecule has 0 bridgehead atoms. The van der Waals surface area contributed by atoms with E-state index in [9.17, 15) is 4.79 Å². The minimum Gasteiger partial charge on any atom is -0.368 e. The monoisotopic (exact) mass is 368 g/mol. The van der Waals surface area contributed by atoms with Gasteiger partial charge < -0.3 is 19.9 Å². The van der Waals surface area contributed by atoms with E-state index in [0.29, 0.717) is 25.5 Å². The number of hydrogen-bond donors (Lipinski definition) is 1. The molecule has 1 N–H and O–H groups in total. The summed E-state index contributed by atoms with van der Waals surface area (Å²) in [5, 5.41) is 11.7. The van der Waals surface area contributed by atoms with Gasteiger partial charge in [0.1, 0.15) is 11.9 Å². The van der Waals surface area contributed by atoms with E-state index in [1.165, 1.54) is 0 Å². The predicted octanol–water partition coefficient (Wildman–Crippen LogP) is 1.75. The summed E-state index contributed by atoms with van der Waals surface area (Å²) in [7, 11) is 0. The third-order valence-corrected chi connectivity index (χ3v) is 4.92. The van der Waals surface area contributed by atoms with Crippen LogP contribution in [0.3, 0.4) is 0 Å². The number of nitrogens with one attached hydrogen (secondary N) is 1. The molecular formula is C19H24N6O2. The van der Waals surface area contributed by atoms with Gasteiger partial charge in [-0.05, 0) is 44.0 Å². The van der Waals surface area contributed by atoms with Crippen LogP contribution in [-0.2, 0) is 9.53 Å². The van der Waals surface area contributed by atoms with Gasteiger partial charge in [0.15, 0.2) is 11.6 Å². The van der Waals surface area contributed by atoms with Gasteiger partial charge in [-0.15, -0.1) is 10.2 Å². The Morgan fingerprint density at radius 3 is 2.63 bits per heavy atom. The van der Waals surface area contributed by atoms with Crippen LogP contribution in [-0.4, -0.2) is 64.9 Å². The highest BCUT2D eigenvalue weighted by Gasteiger charge is 2.30. The number of carbonyl (C=O) groups is 1. The Labute approximate surface area is 158 Å². The van der Waals surface area contributed by atoms with Crippen molar-refractivity contribution in [2.24, 2.45) is 0 Å². The number of rotatable bonds is 4. The summed E-state index contributed by atoms with van der Waals surface area (Å²) in [6.07, 6.45) is 1.58. The van der Waals surface area contributed by atoms with E-state index in [1.54, 1.807) is 0 Å². The van der Waals surface area contributed by atoms with Gasteiger partial charge >= 0.3 is 0 Å². The number of aryl methyl sites for hydroxylation is 1. The van der Waals surface area contributed by atoms with E-state index in [0.717, 1.165) is 43.3 Å². The van der Waals surface area contributed by atoms with E-state index in [2.05, 4.69) is 25.4 Å². The van der Waals surface area contributed by atoms with E-state index in [1.807, 2.05) is 42.2 Å². The molecule has 2 aliphatic heterocycles. The first-order chi connectivity index (χ1) is 13.2. The van der Waals surface area contributed by atoms with Crippen molar-refractivity contribution in [3.63, 3.8) is 0 Å². The number of nitrogens with zero attached hydrogens (tertiary/aromatic N) is 5. The summed E-state index contributed by atoms with van der Waals surface area (Å²) in [6, 6.07) is 9.64. The SMILES string of the molecule is Cc1cccc(Nc2ccc(N3CCN(C(=O)C4CCCO4)CC3)nn2)n1. The van der Waals surface area contributed by atoms with Crippen LogP contribution >= 0.6 is 0 Å². The predicted molar refractivity (Wildman–Crippen MR) is 102 cm³/mol. The van der Waals surface area contributed by atoms with Crippen LogP contribution in [0.4, 0.5) is 17.5 Å². The minimum absolute atomic E-state index is 0.128. The van der Waals surface area contributed by atoms with Crippen molar-refractivity contribution in [1.82, 2.24) is 20.1 Å². The van der Waals surface area contributed by atoms with E-state index < -0.39 is 0 Å². The van der Waals surface area contributed by atoms with Crippen molar-refractivity contribution in [3.8, 4) is 0 Å². The second kappa shape index (κ2) is 7.87. The normalized spacial score (nSPS) is 20.0. The van der Waals surface area contributed by atoms with Gasteiger partial charge in [-0.3, -0.25) is 4.79 Å². The summed E-state index contributed by atoms with van der Waals surface area (Å²) in [4.78, 5) is 20.9. The number of carbonyl (C=O) groups excluding carboxylic acids is 1. The highest BCUT2D eigenvalue weighted by Crippen LogP contribution is 2.19. The molecule has 4 heterocycles. The number of hydrogen-bond acceptors (Lipinski definition) is 7. The molecule has 1 atom stereocenters. The number of amides is 1. The molecule has 1 unspecified atom stereocenters. The summed E-state index contributed by atoms with van der Waals surface area (Å²) in [5.41, 5.74) is 0.944. The molecule has 2 saturated heterocycles. The fourth-order valence-electron chi connectivity index (χ4n) is 3.44. The van der Waals surface area contributed by atoms with Crippen molar-refractivity contribution in [3.05, 3.63) is 36.0 Å². The first-order valence-electron chi connectivity index (χ1n) is 9.39. The maximum atomic E-state index is 12.4. The van der Waals surface area contributed by atoms with Gasteiger partial charge in [0.25, 0.3) is 5.91 Å². The molecule has 0 aromatic carbocycles. The van der Waals surface area contributed by atoms with E-state index >= 15 is 0 Å². The fourth-order valence-corrected chi connectivity index (χ4v) is 3.44. The summed E-state index contributed by atoms with van der Waals surface area (Å²) in [6.45, 7) is 5.52. The Morgan fingerprint density at radius 1 is 1.11 bits per heavy atom. The smallest absolute Gasteiger partial charge is 0.251 e. The van der Waals surface area contributed by atoms with Gasteiger partial charge in [-0.25, -0.2) is 4.98 Å². The van der Waals surface area contributed by atoms with E-state index in [4.69, 9.17) is 4.74 Å². The van der Waals surface area contributed by atoms with Gasteiger partial charge in [-0.2, -0.15) is 0 Å². The minimum atomic E-state index is -0.239. The largest absolute Gasteiger partial charge is 0.368 e. The molecule has 0 aliphatic carbocycles. The van der Waals surface area contributed by atoms with Crippen LogP contribution in [0.5, 0.6) is 0 Å². The van der Waals surface area contributed by atoms with Crippen molar-refractivity contribution in [2.45, 2.75) is 25.9 Å². The molecule has 8 heteroatoms. The Hall–Kier alpha value is -2.74. The number of ether oxygens (including phenoxy) is 1. The molecule has 2 aromatic rings. The lowest BCUT2D eigenvalue weighted by molar-refractivity contribution is -0.141. The topological polar surface area (TPSA) is 83.5 Å². The molecule has 0 saturated carbocycles. The van der Waals surface area contributed by atoms with Crippen LogP contribution < -0.4 is 10.2 Å². The second-order valence-corrected chi connectivity index (χ2v) is 6.88. The molecule has 2 aromatic heterocycles. The first kappa shape index (κ1) is 17.7. The van der Waals surface area contributed by atoms with Crippen LogP contribution in [0, 0.1) is 6.92 Å². The third kappa shape index (κ3) is 4.16. The molecule has 8 nitrogen and oxygen atoms in total. The quantitative estimate of drug-likeness (QED) is 0.880. The fraction of sp³-hybridized carbons (Fsp3) is 0.474. The van der Waals surface area contributed by atoms with Crippen LogP contribution in [0.1, 0.15) is 18.5 Å². The zero-order chi connectivity index (χ0) is 18.6. The molecule has 0 spiro atoms. The van der Waals surface area contributed by atoms with E-state index in [-0.39, 0.29) is 12.0 Å². The molecule has 2 aliphatic rings. The Kier molecular flexibility index (Phi) is 5.15. The van der Waals surface area contributed by atoms with Crippen LogP contribution in [0.15, 0.2) is 30.3 Å². The van der Waals surface area contributed by atoms with Gasteiger partial charge in [-0.1, -0.05) is 6.07 Å². The summed E-state index contributed by atoms with van der Waals surface area (Å²) < 4.78 is 5.51. The maximum absolute atomic E-state index is 12.4. The Morgan fingerprint density at radius 2 is 1.96 bits per heavy atom. The van der Waals surface area contributed by atoms with Gasteiger partial charge in [0, 0.05) is 38.5 Å². The van der Waals surface area contributed by atoms with Crippen molar-refractivity contribution in [2.75, 3.05) is 43.0 Å².